The van der Waals surface area contributed by atoms with E-state index >= 15 is 0 Å². The van der Waals surface area contributed by atoms with Crippen LogP contribution in [0.3, 0.4) is 0 Å². The van der Waals surface area contributed by atoms with Gasteiger partial charge < -0.3 is 5.73 Å². The van der Waals surface area contributed by atoms with Gasteiger partial charge in [0.1, 0.15) is 0 Å². The summed E-state index contributed by atoms with van der Waals surface area (Å²) in [7, 11) is 0. The smallest absolute Gasteiger partial charge is 0.0991 e. The van der Waals surface area contributed by atoms with E-state index in [2.05, 4.69) is 56.8 Å². The summed E-state index contributed by atoms with van der Waals surface area (Å²) in [4.78, 5) is 4.72. The molecule has 0 amide bonds. The maximum atomic E-state index is 9.43. The van der Waals surface area contributed by atoms with Crippen LogP contribution in [0, 0.1) is 11.3 Å². The molecule has 160 valence electrons. The quantitative estimate of drug-likeness (QED) is 0.381. The highest BCUT2D eigenvalue weighted by atomic mass is 14.7. The van der Waals surface area contributed by atoms with Crippen molar-refractivity contribution in [2.24, 2.45) is 10.7 Å². The molecule has 0 aromatic heterocycles. The number of rotatable bonds is 8. The predicted octanol–water partition coefficient (Wildman–Crippen LogP) is 6.85. The third kappa shape index (κ3) is 6.38. The number of hydrogen-bond acceptors (Lipinski definition) is 3. The highest BCUT2D eigenvalue weighted by Crippen LogP contribution is 2.33. The minimum Gasteiger partial charge on any atom is -0.330 e. The third-order valence-electron chi connectivity index (χ3n) is 5.57. The molecule has 2 rings (SSSR count). The topological polar surface area (TPSA) is 62.2 Å². The van der Waals surface area contributed by atoms with Crippen molar-refractivity contribution < 1.29 is 0 Å². The summed E-state index contributed by atoms with van der Waals surface area (Å²) in [6.07, 6.45) is 3.91. The lowest BCUT2D eigenvalue weighted by Gasteiger charge is -2.14. The summed E-state index contributed by atoms with van der Waals surface area (Å²) < 4.78 is 0. The van der Waals surface area contributed by atoms with Crippen LogP contribution in [-0.2, 0) is 6.42 Å². The first-order chi connectivity index (χ1) is 14.8. The van der Waals surface area contributed by atoms with Crippen molar-refractivity contribution >= 4 is 11.3 Å². The number of nitrogens with zero attached hydrogens (tertiary/aromatic N) is 2. The van der Waals surface area contributed by atoms with Gasteiger partial charge in [-0.2, -0.15) is 5.26 Å². The fourth-order valence-corrected chi connectivity index (χ4v) is 3.39. The Morgan fingerprint density at radius 3 is 2.35 bits per heavy atom. The number of aliphatic imine (C=N–C) groups is 1. The Labute approximate surface area is 187 Å². The van der Waals surface area contributed by atoms with Gasteiger partial charge in [-0.1, -0.05) is 49.4 Å². The monoisotopic (exact) mass is 411 g/mol. The van der Waals surface area contributed by atoms with Gasteiger partial charge in [0.2, 0.25) is 0 Å². The van der Waals surface area contributed by atoms with Crippen molar-refractivity contribution in [3.8, 4) is 17.2 Å². The standard InChI is InChI=1S/C28H33N3/c1-7-19(2)23(6)31-21(4)16-20(3)22(5)28-17-25(18-30)10-13-27(28)26-11-8-24(9-12-26)14-15-29/h8-13,16-17H,5,7,14-15,29H2,1-4,6H3/b20-16+,23-19+,31-21-. The van der Waals surface area contributed by atoms with Crippen LogP contribution >= 0.6 is 0 Å². The van der Waals surface area contributed by atoms with E-state index in [0.717, 1.165) is 52.1 Å². The van der Waals surface area contributed by atoms with Crippen molar-refractivity contribution in [3.63, 3.8) is 0 Å². The van der Waals surface area contributed by atoms with Gasteiger partial charge in [-0.3, -0.25) is 4.99 Å². The summed E-state index contributed by atoms with van der Waals surface area (Å²) in [5, 5.41) is 9.43. The molecule has 3 nitrogen and oxygen atoms in total. The Morgan fingerprint density at radius 1 is 1.10 bits per heavy atom. The molecule has 0 radical (unpaired) electrons. The van der Waals surface area contributed by atoms with E-state index in [-0.39, 0.29) is 0 Å². The van der Waals surface area contributed by atoms with Crippen LogP contribution in [-0.4, -0.2) is 12.3 Å². The average Bonchev–Trinajstić information content (AvgIpc) is 2.78. The Balaban J connectivity index is 2.47. The predicted molar refractivity (Wildman–Crippen MR) is 134 cm³/mol. The minimum atomic E-state index is 0.621. The third-order valence-corrected chi connectivity index (χ3v) is 5.57. The molecule has 0 atom stereocenters. The summed E-state index contributed by atoms with van der Waals surface area (Å²) in [5.74, 6) is 0. The minimum absolute atomic E-state index is 0.621. The normalized spacial score (nSPS) is 12.9. The molecule has 2 aromatic rings. The first-order valence-corrected chi connectivity index (χ1v) is 10.7. The second kappa shape index (κ2) is 11.2. The Bertz CT molecular complexity index is 1070. The average molecular weight is 412 g/mol. The van der Waals surface area contributed by atoms with E-state index in [1.54, 1.807) is 0 Å². The lowest BCUT2D eigenvalue weighted by Crippen LogP contribution is -2.02. The largest absolute Gasteiger partial charge is 0.330 e. The number of allylic oxidation sites excluding steroid dienone is 5. The molecular formula is C28H33N3. The molecule has 2 aromatic carbocycles. The molecule has 0 aliphatic carbocycles. The second-order valence-electron chi connectivity index (χ2n) is 7.89. The van der Waals surface area contributed by atoms with Crippen LogP contribution in [0.5, 0.6) is 0 Å². The number of benzene rings is 2. The number of nitriles is 1. The van der Waals surface area contributed by atoms with Gasteiger partial charge in [-0.05, 0) is 98.7 Å². The molecule has 0 bridgehead atoms. The van der Waals surface area contributed by atoms with Gasteiger partial charge in [0, 0.05) is 11.4 Å². The summed E-state index contributed by atoms with van der Waals surface area (Å²) in [6.45, 7) is 15.3. The van der Waals surface area contributed by atoms with Gasteiger partial charge in [0.25, 0.3) is 0 Å². The zero-order valence-electron chi connectivity index (χ0n) is 19.4. The lowest BCUT2D eigenvalue weighted by atomic mass is 9.90. The van der Waals surface area contributed by atoms with Crippen LogP contribution in [0.15, 0.2) is 77.0 Å². The molecule has 2 N–H and O–H groups in total. The molecule has 0 spiro atoms. The van der Waals surface area contributed by atoms with E-state index in [0.29, 0.717) is 12.1 Å². The fraction of sp³-hybridized carbons (Fsp3) is 0.286. The first kappa shape index (κ1) is 24.1. The zero-order valence-corrected chi connectivity index (χ0v) is 19.4. The molecule has 0 saturated heterocycles. The molecule has 0 fully saturated rings. The van der Waals surface area contributed by atoms with Crippen molar-refractivity contribution in [1.29, 1.82) is 5.26 Å². The number of nitrogens with two attached hydrogens (primary N) is 1. The van der Waals surface area contributed by atoms with Crippen molar-refractivity contribution in [1.82, 2.24) is 0 Å². The Hall–Kier alpha value is -3.22. The van der Waals surface area contributed by atoms with Gasteiger partial charge in [-0.15, -0.1) is 0 Å². The van der Waals surface area contributed by atoms with Crippen LogP contribution in [0.4, 0.5) is 0 Å². The van der Waals surface area contributed by atoms with Gasteiger partial charge in [0.05, 0.1) is 11.6 Å². The molecule has 3 heteroatoms. The highest BCUT2D eigenvalue weighted by molar-refractivity contribution is 5.98. The van der Waals surface area contributed by atoms with E-state index < -0.39 is 0 Å². The molecule has 0 aliphatic rings. The van der Waals surface area contributed by atoms with Gasteiger partial charge >= 0.3 is 0 Å². The van der Waals surface area contributed by atoms with E-state index in [9.17, 15) is 5.26 Å². The first-order valence-electron chi connectivity index (χ1n) is 10.7. The van der Waals surface area contributed by atoms with Gasteiger partial charge in [0.15, 0.2) is 0 Å². The molecule has 0 saturated carbocycles. The maximum Gasteiger partial charge on any atom is 0.0991 e. The maximum absolute atomic E-state index is 9.43. The van der Waals surface area contributed by atoms with E-state index in [1.165, 1.54) is 11.1 Å². The Kier molecular flexibility index (Phi) is 8.73. The van der Waals surface area contributed by atoms with E-state index in [1.807, 2.05) is 39.0 Å². The van der Waals surface area contributed by atoms with E-state index in [4.69, 9.17) is 10.7 Å². The summed E-state index contributed by atoms with van der Waals surface area (Å²) in [5.41, 5.74) is 15.8. The summed E-state index contributed by atoms with van der Waals surface area (Å²) >= 11 is 0. The van der Waals surface area contributed by atoms with Crippen LogP contribution in [0.25, 0.3) is 16.7 Å². The van der Waals surface area contributed by atoms with Crippen molar-refractivity contribution in [3.05, 3.63) is 88.7 Å². The molecule has 0 aliphatic heterocycles. The molecule has 31 heavy (non-hydrogen) atoms. The highest BCUT2D eigenvalue weighted by Gasteiger charge is 2.12. The van der Waals surface area contributed by atoms with Gasteiger partial charge in [-0.25, -0.2) is 0 Å². The molecular weight excluding hydrogens is 378 g/mol. The lowest BCUT2D eigenvalue weighted by molar-refractivity contribution is 0.969. The SMILES string of the molecule is C=C(/C(C)=C/C(C)=N\C(C)=C(/C)CC)c1cc(C#N)ccc1-c1ccc(CCN)cc1. The molecule has 0 unspecified atom stereocenters. The van der Waals surface area contributed by atoms with Crippen LogP contribution in [0.2, 0.25) is 0 Å². The Morgan fingerprint density at radius 2 is 1.77 bits per heavy atom. The van der Waals surface area contributed by atoms with Crippen molar-refractivity contribution in [2.45, 2.75) is 47.5 Å². The fourth-order valence-electron chi connectivity index (χ4n) is 3.39. The van der Waals surface area contributed by atoms with Crippen LogP contribution in [0.1, 0.15) is 57.7 Å². The van der Waals surface area contributed by atoms with Crippen LogP contribution < -0.4 is 5.73 Å². The van der Waals surface area contributed by atoms with Crippen molar-refractivity contribution in [2.75, 3.05) is 6.54 Å². The second-order valence-corrected chi connectivity index (χ2v) is 7.89. The zero-order chi connectivity index (χ0) is 23.0. The summed E-state index contributed by atoms with van der Waals surface area (Å²) in [6, 6.07) is 16.5. The molecule has 0 heterocycles. The number of hydrogen-bond donors (Lipinski definition) is 1.